The van der Waals surface area contributed by atoms with Gasteiger partial charge < -0.3 is 15.1 Å². The number of benzene rings is 2. The number of pyridine rings is 1. The first-order valence-electron chi connectivity index (χ1n) is 10.4. The van der Waals surface area contributed by atoms with Crippen molar-refractivity contribution in [2.24, 2.45) is 0 Å². The summed E-state index contributed by atoms with van der Waals surface area (Å²) in [5, 5.41) is 5.33. The fraction of sp³-hybridized carbons (Fsp3) is 0.120. The van der Waals surface area contributed by atoms with Crippen LogP contribution >= 0.6 is 0 Å². The first-order chi connectivity index (χ1) is 16.7. The van der Waals surface area contributed by atoms with Crippen molar-refractivity contribution < 1.29 is 27.2 Å². The van der Waals surface area contributed by atoms with Gasteiger partial charge in [0.2, 0.25) is 5.89 Å². The largest absolute Gasteiger partial charge is 0.441 e. The second-order valence-corrected chi connectivity index (χ2v) is 7.56. The van der Waals surface area contributed by atoms with E-state index < -0.39 is 17.6 Å². The van der Waals surface area contributed by atoms with Gasteiger partial charge in [-0.1, -0.05) is 6.07 Å². The Labute approximate surface area is 198 Å². The number of aromatic nitrogens is 2. The number of hydrogen-bond acceptors (Lipinski definition) is 5. The van der Waals surface area contributed by atoms with E-state index in [0.29, 0.717) is 34.2 Å². The summed E-state index contributed by atoms with van der Waals surface area (Å²) >= 11 is 0. The van der Waals surface area contributed by atoms with Crippen LogP contribution < -0.4 is 10.6 Å². The molecule has 2 aromatic heterocycles. The Hall–Kier alpha value is -4.47. The highest BCUT2D eigenvalue weighted by atomic mass is 19.4. The number of hydrogen-bond donors (Lipinski definition) is 2. The summed E-state index contributed by atoms with van der Waals surface area (Å²) in [6, 6.07) is 14.3. The molecule has 0 saturated heterocycles. The Morgan fingerprint density at radius 1 is 0.971 bits per heavy atom. The molecule has 2 N–H and O–H groups in total. The van der Waals surface area contributed by atoms with E-state index in [1.54, 1.807) is 49.5 Å². The Balaban J connectivity index is 1.40. The van der Waals surface area contributed by atoms with Crippen molar-refractivity contribution in [2.75, 3.05) is 5.32 Å². The molecule has 35 heavy (non-hydrogen) atoms. The number of alkyl halides is 3. The van der Waals surface area contributed by atoms with Gasteiger partial charge >= 0.3 is 6.18 Å². The third-order valence-corrected chi connectivity index (χ3v) is 5.07. The van der Waals surface area contributed by atoms with Crippen LogP contribution in [-0.2, 0) is 12.7 Å². The molecule has 0 unspecified atom stereocenters. The molecule has 0 bridgehead atoms. The lowest BCUT2D eigenvalue weighted by Gasteiger charge is -2.08. The van der Waals surface area contributed by atoms with Crippen LogP contribution in [0.5, 0.6) is 0 Å². The van der Waals surface area contributed by atoms with Crippen LogP contribution in [-0.4, -0.2) is 21.8 Å². The highest BCUT2D eigenvalue weighted by molar-refractivity contribution is 6.04. The molecule has 4 aromatic rings. The van der Waals surface area contributed by atoms with Crippen molar-refractivity contribution in [2.45, 2.75) is 19.6 Å². The van der Waals surface area contributed by atoms with Crippen molar-refractivity contribution in [3.8, 4) is 11.5 Å². The molecule has 0 saturated carbocycles. The standard InChI is InChI=1S/C25H19F3N4O3/c1-15-21(14-30-22(33)17-4-2-6-19(12-17)25(26,27)28)32-24(35-15)16-7-9-20(10-8-16)31-23(34)18-5-3-11-29-13-18/h2-13H,14H2,1H3,(H,30,33)(H,31,34). The van der Waals surface area contributed by atoms with E-state index in [-0.39, 0.29) is 18.0 Å². The van der Waals surface area contributed by atoms with Gasteiger partial charge in [-0.3, -0.25) is 14.6 Å². The Bertz CT molecular complexity index is 1350. The van der Waals surface area contributed by atoms with Crippen molar-refractivity contribution in [3.63, 3.8) is 0 Å². The Kier molecular flexibility index (Phi) is 6.63. The Morgan fingerprint density at radius 2 is 1.71 bits per heavy atom. The first-order valence-corrected chi connectivity index (χ1v) is 10.4. The smallest absolute Gasteiger partial charge is 0.416 e. The van der Waals surface area contributed by atoms with Gasteiger partial charge in [-0.25, -0.2) is 4.98 Å². The number of halogens is 3. The number of carbonyl (C=O) groups is 2. The van der Waals surface area contributed by atoms with Gasteiger partial charge in [0, 0.05) is 29.2 Å². The predicted octanol–water partition coefficient (Wildman–Crippen LogP) is 5.25. The van der Waals surface area contributed by atoms with Gasteiger partial charge in [-0.05, 0) is 61.5 Å². The van der Waals surface area contributed by atoms with Gasteiger partial charge in [-0.15, -0.1) is 0 Å². The SMILES string of the molecule is Cc1oc(-c2ccc(NC(=O)c3cccnc3)cc2)nc1CNC(=O)c1cccc(C(F)(F)F)c1. The van der Waals surface area contributed by atoms with Crippen LogP contribution in [0.4, 0.5) is 18.9 Å². The van der Waals surface area contributed by atoms with Crippen LogP contribution in [0.25, 0.3) is 11.5 Å². The number of anilines is 1. The van der Waals surface area contributed by atoms with Crippen LogP contribution in [0.15, 0.2) is 77.5 Å². The molecule has 178 valence electrons. The third kappa shape index (κ3) is 5.72. The Morgan fingerprint density at radius 3 is 2.40 bits per heavy atom. The summed E-state index contributed by atoms with van der Waals surface area (Å²) in [5.74, 6) is -0.195. The number of rotatable bonds is 6. The second kappa shape index (κ2) is 9.80. The highest BCUT2D eigenvalue weighted by Gasteiger charge is 2.30. The molecule has 0 spiro atoms. The van der Waals surface area contributed by atoms with Crippen molar-refractivity contribution in [1.82, 2.24) is 15.3 Å². The minimum absolute atomic E-state index is 0.0241. The monoisotopic (exact) mass is 480 g/mol. The molecular formula is C25H19F3N4O3. The number of nitrogens with one attached hydrogen (secondary N) is 2. The lowest BCUT2D eigenvalue weighted by molar-refractivity contribution is -0.137. The molecule has 0 radical (unpaired) electrons. The molecule has 0 fully saturated rings. The second-order valence-electron chi connectivity index (χ2n) is 7.56. The number of amides is 2. The lowest BCUT2D eigenvalue weighted by Crippen LogP contribution is -2.23. The van der Waals surface area contributed by atoms with E-state index in [0.717, 1.165) is 12.1 Å². The lowest BCUT2D eigenvalue weighted by atomic mass is 10.1. The molecule has 0 aliphatic carbocycles. The van der Waals surface area contributed by atoms with Gasteiger partial charge in [0.1, 0.15) is 11.5 Å². The normalized spacial score (nSPS) is 11.2. The molecular weight excluding hydrogens is 461 g/mol. The molecule has 2 aromatic carbocycles. The summed E-state index contributed by atoms with van der Waals surface area (Å²) in [6.45, 7) is 1.65. The van der Waals surface area contributed by atoms with Crippen molar-refractivity contribution in [1.29, 1.82) is 0 Å². The fourth-order valence-corrected chi connectivity index (χ4v) is 3.21. The molecule has 2 amide bonds. The van der Waals surface area contributed by atoms with Crippen LogP contribution in [0.3, 0.4) is 0 Å². The minimum atomic E-state index is -4.54. The fourth-order valence-electron chi connectivity index (χ4n) is 3.21. The zero-order valence-corrected chi connectivity index (χ0v) is 18.4. The topological polar surface area (TPSA) is 97.1 Å². The van der Waals surface area contributed by atoms with E-state index in [9.17, 15) is 22.8 Å². The van der Waals surface area contributed by atoms with Crippen molar-refractivity contribution >= 4 is 17.5 Å². The van der Waals surface area contributed by atoms with Crippen LogP contribution in [0, 0.1) is 6.92 Å². The van der Waals surface area contributed by atoms with Gasteiger partial charge in [0.15, 0.2) is 0 Å². The van der Waals surface area contributed by atoms with Crippen molar-refractivity contribution in [3.05, 3.63) is 101 Å². The number of carbonyl (C=O) groups excluding carboxylic acids is 2. The van der Waals surface area contributed by atoms with E-state index in [2.05, 4.69) is 20.6 Å². The molecule has 0 aliphatic rings. The first kappa shape index (κ1) is 23.7. The highest BCUT2D eigenvalue weighted by Crippen LogP contribution is 2.29. The molecule has 10 heteroatoms. The molecule has 2 heterocycles. The summed E-state index contributed by atoms with van der Waals surface area (Å²) < 4.78 is 44.3. The van der Waals surface area contributed by atoms with Gasteiger partial charge in [0.05, 0.1) is 17.7 Å². The quantitative estimate of drug-likeness (QED) is 0.393. The number of aryl methyl sites for hydroxylation is 1. The van der Waals surface area contributed by atoms with E-state index in [1.165, 1.54) is 18.3 Å². The number of oxazole rings is 1. The summed E-state index contributed by atoms with van der Waals surface area (Å²) in [7, 11) is 0. The van der Waals surface area contributed by atoms with Gasteiger partial charge in [-0.2, -0.15) is 13.2 Å². The van der Waals surface area contributed by atoms with Gasteiger partial charge in [0.25, 0.3) is 11.8 Å². The zero-order chi connectivity index (χ0) is 25.0. The van der Waals surface area contributed by atoms with Crippen LogP contribution in [0.2, 0.25) is 0 Å². The van der Waals surface area contributed by atoms with Crippen LogP contribution in [0.1, 0.15) is 37.7 Å². The minimum Gasteiger partial charge on any atom is -0.441 e. The summed E-state index contributed by atoms with van der Waals surface area (Å²) in [4.78, 5) is 32.9. The average Bonchev–Trinajstić information content (AvgIpc) is 3.23. The summed E-state index contributed by atoms with van der Waals surface area (Å²) in [5.41, 5.74) is 1.07. The van der Waals surface area contributed by atoms with E-state index in [4.69, 9.17) is 4.42 Å². The van der Waals surface area contributed by atoms with E-state index >= 15 is 0 Å². The third-order valence-electron chi connectivity index (χ3n) is 5.07. The zero-order valence-electron chi connectivity index (χ0n) is 18.4. The molecule has 7 nitrogen and oxygen atoms in total. The summed E-state index contributed by atoms with van der Waals surface area (Å²) in [6.07, 6.45) is -1.49. The number of nitrogens with zero attached hydrogens (tertiary/aromatic N) is 2. The maximum Gasteiger partial charge on any atom is 0.416 e. The maximum absolute atomic E-state index is 12.9. The van der Waals surface area contributed by atoms with E-state index in [1.807, 2.05) is 0 Å². The molecule has 4 rings (SSSR count). The average molecular weight is 480 g/mol. The maximum atomic E-state index is 12.9. The molecule has 0 atom stereocenters. The molecule has 0 aliphatic heterocycles. The predicted molar refractivity (Wildman–Crippen MR) is 121 cm³/mol.